The zero-order chi connectivity index (χ0) is 20.7. The number of hydrogen-bond acceptors (Lipinski definition) is 4. The Bertz CT molecular complexity index is 1300. The number of benzene rings is 3. The van der Waals surface area contributed by atoms with Crippen LogP contribution in [0.15, 0.2) is 94.4 Å². The first-order valence-corrected chi connectivity index (χ1v) is 11.2. The molecule has 1 aliphatic heterocycles. The van der Waals surface area contributed by atoms with Crippen LogP contribution in [0.25, 0.3) is 22.8 Å². The highest BCUT2D eigenvalue weighted by atomic mass is 32.2. The van der Waals surface area contributed by atoms with E-state index in [0.29, 0.717) is 17.7 Å². The van der Waals surface area contributed by atoms with Gasteiger partial charge in [-0.3, -0.25) is 4.31 Å². The molecule has 1 aromatic heterocycles. The van der Waals surface area contributed by atoms with E-state index in [9.17, 15) is 8.42 Å². The average Bonchev–Trinajstić information content (AvgIpc) is 3.37. The van der Waals surface area contributed by atoms with E-state index in [2.05, 4.69) is 4.98 Å². The third kappa shape index (κ3) is 3.00. The van der Waals surface area contributed by atoms with Crippen molar-refractivity contribution in [3.05, 3.63) is 90.5 Å². The van der Waals surface area contributed by atoms with Gasteiger partial charge in [0.05, 0.1) is 5.69 Å². The Labute approximate surface area is 175 Å². The van der Waals surface area contributed by atoms with Gasteiger partial charge in [0, 0.05) is 17.2 Å². The van der Waals surface area contributed by atoms with Gasteiger partial charge >= 0.3 is 0 Å². The molecule has 30 heavy (non-hydrogen) atoms. The zero-order valence-electron chi connectivity index (χ0n) is 16.4. The minimum absolute atomic E-state index is 0.0592. The van der Waals surface area contributed by atoms with Gasteiger partial charge in [0.2, 0.25) is 10.9 Å². The van der Waals surface area contributed by atoms with Crippen LogP contribution in [0.4, 0.5) is 5.69 Å². The lowest BCUT2D eigenvalue weighted by Crippen LogP contribution is -2.36. The van der Waals surface area contributed by atoms with Gasteiger partial charge in [-0.1, -0.05) is 66.7 Å². The smallest absolute Gasteiger partial charge is 0.286 e. The molecule has 0 radical (unpaired) electrons. The Balaban J connectivity index is 1.71. The highest BCUT2D eigenvalue weighted by molar-refractivity contribution is 7.93. The van der Waals surface area contributed by atoms with Gasteiger partial charge in [0.15, 0.2) is 5.76 Å². The predicted molar refractivity (Wildman–Crippen MR) is 117 cm³/mol. The van der Waals surface area contributed by atoms with Gasteiger partial charge in [-0.2, -0.15) is 13.4 Å². The van der Waals surface area contributed by atoms with Gasteiger partial charge < -0.3 is 4.42 Å². The predicted octanol–water partition coefficient (Wildman–Crippen LogP) is 5.15. The van der Waals surface area contributed by atoms with Crippen LogP contribution in [-0.2, 0) is 16.4 Å². The van der Waals surface area contributed by atoms with Crippen LogP contribution in [0.1, 0.15) is 12.5 Å². The highest BCUT2D eigenvalue weighted by Gasteiger charge is 2.40. The third-order valence-electron chi connectivity index (χ3n) is 5.30. The van der Waals surface area contributed by atoms with Crippen molar-refractivity contribution in [2.24, 2.45) is 0 Å². The molecule has 6 heteroatoms. The molecule has 3 aromatic carbocycles. The minimum Gasteiger partial charge on any atom is -0.435 e. The average molecular weight is 417 g/mol. The second-order valence-electron chi connectivity index (χ2n) is 7.37. The minimum atomic E-state index is -3.94. The van der Waals surface area contributed by atoms with E-state index in [1.165, 1.54) is 4.31 Å². The lowest BCUT2D eigenvalue weighted by molar-refractivity contribution is 0.573. The summed E-state index contributed by atoms with van der Waals surface area (Å²) in [5.74, 6) is 0.541. The van der Waals surface area contributed by atoms with Crippen LogP contribution in [0.2, 0.25) is 0 Å². The van der Waals surface area contributed by atoms with Crippen molar-refractivity contribution in [2.45, 2.75) is 24.4 Å². The van der Waals surface area contributed by atoms with E-state index in [0.717, 1.165) is 11.1 Å². The molecule has 0 saturated carbocycles. The molecule has 1 aliphatic rings. The monoisotopic (exact) mass is 416 g/mol. The van der Waals surface area contributed by atoms with Crippen molar-refractivity contribution < 1.29 is 12.8 Å². The van der Waals surface area contributed by atoms with Gasteiger partial charge in [-0.05, 0) is 37.1 Å². The fourth-order valence-electron chi connectivity index (χ4n) is 3.95. The SMILES string of the molecule is CC1Cc2ccccc2N1S(=O)(=O)c1nc(-c2ccccc2)oc1-c1ccccc1. The Hall–Kier alpha value is -3.38. The maximum Gasteiger partial charge on any atom is 0.286 e. The summed E-state index contributed by atoms with van der Waals surface area (Å²) in [7, 11) is -3.94. The largest absolute Gasteiger partial charge is 0.435 e. The van der Waals surface area contributed by atoms with E-state index in [-0.39, 0.29) is 22.7 Å². The molecule has 0 aliphatic carbocycles. The first-order chi connectivity index (χ1) is 14.6. The fraction of sp³-hybridized carbons (Fsp3) is 0.125. The molecule has 5 nitrogen and oxygen atoms in total. The number of sulfonamides is 1. The first-order valence-electron chi connectivity index (χ1n) is 9.80. The lowest BCUT2D eigenvalue weighted by Gasteiger charge is -2.23. The van der Waals surface area contributed by atoms with E-state index in [1.807, 2.05) is 91.9 Å². The maximum atomic E-state index is 13.8. The van der Waals surface area contributed by atoms with Crippen LogP contribution in [0.5, 0.6) is 0 Å². The molecule has 150 valence electrons. The summed E-state index contributed by atoms with van der Waals surface area (Å²) in [4.78, 5) is 4.48. The number of para-hydroxylation sites is 1. The van der Waals surface area contributed by atoms with Crippen LogP contribution < -0.4 is 4.31 Å². The Morgan fingerprint density at radius 1 is 0.867 bits per heavy atom. The highest BCUT2D eigenvalue weighted by Crippen LogP contribution is 2.40. The molecule has 0 fully saturated rings. The van der Waals surface area contributed by atoms with Gasteiger partial charge in [-0.25, -0.2) is 0 Å². The number of hydrogen-bond donors (Lipinski definition) is 0. The summed E-state index contributed by atoms with van der Waals surface area (Å²) in [6, 6.07) is 26.0. The summed E-state index contributed by atoms with van der Waals surface area (Å²) < 4.78 is 35.2. The molecule has 0 spiro atoms. The fourth-order valence-corrected chi connectivity index (χ4v) is 5.72. The molecule has 2 heterocycles. The summed E-state index contributed by atoms with van der Waals surface area (Å²) in [6.45, 7) is 1.91. The Morgan fingerprint density at radius 2 is 1.47 bits per heavy atom. The molecular formula is C24H20N2O3S. The molecule has 0 N–H and O–H groups in total. The van der Waals surface area contributed by atoms with E-state index in [1.54, 1.807) is 0 Å². The van der Waals surface area contributed by atoms with Gasteiger partial charge in [0.1, 0.15) is 0 Å². The number of rotatable bonds is 4. The van der Waals surface area contributed by atoms with Crippen LogP contribution in [-0.4, -0.2) is 19.4 Å². The van der Waals surface area contributed by atoms with Crippen LogP contribution in [0, 0.1) is 0 Å². The quantitative estimate of drug-likeness (QED) is 0.462. The summed E-state index contributed by atoms with van der Waals surface area (Å²) >= 11 is 0. The number of oxazole rings is 1. The molecule has 4 aromatic rings. The van der Waals surface area contributed by atoms with Crippen molar-refractivity contribution in [3.8, 4) is 22.8 Å². The molecular weight excluding hydrogens is 396 g/mol. The van der Waals surface area contributed by atoms with E-state index < -0.39 is 10.0 Å². The zero-order valence-corrected chi connectivity index (χ0v) is 17.2. The summed E-state index contributed by atoms with van der Waals surface area (Å²) in [5.41, 5.74) is 3.12. The first kappa shape index (κ1) is 18.6. The summed E-state index contributed by atoms with van der Waals surface area (Å²) in [5, 5.41) is -0.0592. The number of anilines is 1. The van der Waals surface area contributed by atoms with Crippen molar-refractivity contribution >= 4 is 15.7 Å². The molecule has 0 amide bonds. The topological polar surface area (TPSA) is 63.4 Å². The third-order valence-corrected chi connectivity index (χ3v) is 7.14. The molecule has 0 saturated heterocycles. The number of aromatic nitrogens is 1. The van der Waals surface area contributed by atoms with Crippen molar-refractivity contribution in [2.75, 3.05) is 4.31 Å². The second kappa shape index (κ2) is 7.15. The van der Waals surface area contributed by atoms with Crippen molar-refractivity contribution in [1.82, 2.24) is 4.98 Å². The Morgan fingerprint density at radius 3 is 2.17 bits per heavy atom. The normalized spacial score (nSPS) is 15.9. The van der Waals surface area contributed by atoms with Gasteiger partial charge in [0.25, 0.3) is 10.0 Å². The Kier molecular flexibility index (Phi) is 4.44. The maximum absolute atomic E-state index is 13.8. The number of fused-ring (bicyclic) bond motifs is 1. The molecule has 0 bridgehead atoms. The second-order valence-corrected chi connectivity index (χ2v) is 9.10. The van der Waals surface area contributed by atoms with Crippen LogP contribution in [0.3, 0.4) is 0 Å². The van der Waals surface area contributed by atoms with Crippen LogP contribution >= 0.6 is 0 Å². The van der Waals surface area contributed by atoms with E-state index >= 15 is 0 Å². The molecule has 1 unspecified atom stereocenters. The molecule has 5 rings (SSSR count). The molecule has 1 atom stereocenters. The number of nitrogens with zero attached hydrogens (tertiary/aromatic N) is 2. The van der Waals surface area contributed by atoms with Crippen molar-refractivity contribution in [3.63, 3.8) is 0 Å². The van der Waals surface area contributed by atoms with Gasteiger partial charge in [-0.15, -0.1) is 0 Å². The van der Waals surface area contributed by atoms with E-state index in [4.69, 9.17) is 4.42 Å². The summed E-state index contributed by atoms with van der Waals surface area (Å²) in [6.07, 6.45) is 0.666. The van der Waals surface area contributed by atoms with Crippen molar-refractivity contribution in [1.29, 1.82) is 0 Å². The lowest BCUT2D eigenvalue weighted by atomic mass is 10.1. The standard InChI is InChI=1S/C24H20N2O3S/c1-17-16-20-14-8-9-15-21(20)26(17)30(27,28)24-22(18-10-4-2-5-11-18)29-23(25-24)19-12-6-3-7-13-19/h2-15,17H,16H2,1H3.